The van der Waals surface area contributed by atoms with Crippen molar-refractivity contribution in [1.82, 2.24) is 4.90 Å². The molecule has 0 aliphatic heterocycles. The standard InChI is InChI=1S/C13H15ClF3NO/c1-18(12(19)9-14)11(13(15,16)17)8-7-10-5-3-2-4-6-10/h2-6,11H,7-9H2,1H3. The molecule has 1 aromatic carbocycles. The Morgan fingerprint density at radius 3 is 2.37 bits per heavy atom. The van der Waals surface area contributed by atoms with Crippen molar-refractivity contribution in [1.29, 1.82) is 0 Å². The van der Waals surface area contributed by atoms with E-state index in [1.165, 1.54) is 0 Å². The van der Waals surface area contributed by atoms with Crippen LogP contribution >= 0.6 is 11.6 Å². The van der Waals surface area contributed by atoms with Crippen molar-refractivity contribution >= 4 is 17.5 Å². The summed E-state index contributed by atoms with van der Waals surface area (Å²) in [4.78, 5) is 12.0. The number of halogens is 4. The summed E-state index contributed by atoms with van der Waals surface area (Å²) in [6.07, 6.45) is -4.37. The Balaban J connectivity index is 2.74. The van der Waals surface area contributed by atoms with Crippen LogP contribution in [0.5, 0.6) is 0 Å². The van der Waals surface area contributed by atoms with Gasteiger partial charge in [-0.1, -0.05) is 30.3 Å². The summed E-state index contributed by atoms with van der Waals surface area (Å²) in [6.45, 7) is 0. The highest BCUT2D eigenvalue weighted by molar-refractivity contribution is 6.27. The number of hydrogen-bond acceptors (Lipinski definition) is 1. The van der Waals surface area contributed by atoms with Crippen LogP contribution in [0.4, 0.5) is 13.2 Å². The van der Waals surface area contributed by atoms with Crippen molar-refractivity contribution in [2.45, 2.75) is 25.1 Å². The fourth-order valence-electron chi connectivity index (χ4n) is 1.79. The SMILES string of the molecule is CN(C(=O)CCl)C(CCc1ccccc1)C(F)(F)F. The lowest BCUT2D eigenvalue weighted by molar-refractivity contribution is -0.186. The third-order valence-electron chi connectivity index (χ3n) is 2.90. The molecule has 1 rings (SSSR count). The van der Waals surface area contributed by atoms with Gasteiger partial charge < -0.3 is 4.90 Å². The van der Waals surface area contributed by atoms with Crippen molar-refractivity contribution in [2.75, 3.05) is 12.9 Å². The minimum atomic E-state index is -4.45. The summed E-state index contributed by atoms with van der Waals surface area (Å²) >= 11 is 5.30. The summed E-state index contributed by atoms with van der Waals surface area (Å²) in [5.41, 5.74) is 0.809. The summed E-state index contributed by atoms with van der Waals surface area (Å²) in [5.74, 6) is -1.17. The molecule has 0 aliphatic rings. The van der Waals surface area contributed by atoms with Gasteiger partial charge in [-0.2, -0.15) is 13.2 Å². The molecule has 0 heterocycles. The van der Waals surface area contributed by atoms with E-state index in [0.717, 1.165) is 12.6 Å². The number of hydrogen-bond donors (Lipinski definition) is 0. The molecule has 1 aromatic rings. The van der Waals surface area contributed by atoms with Crippen LogP contribution in [0.25, 0.3) is 0 Å². The first-order valence-electron chi connectivity index (χ1n) is 5.78. The van der Waals surface area contributed by atoms with E-state index in [-0.39, 0.29) is 12.8 Å². The van der Waals surface area contributed by atoms with E-state index in [1.54, 1.807) is 30.3 Å². The van der Waals surface area contributed by atoms with Gasteiger partial charge >= 0.3 is 6.18 Å². The fourth-order valence-corrected chi connectivity index (χ4v) is 1.98. The fraction of sp³-hybridized carbons (Fsp3) is 0.462. The molecule has 0 aliphatic carbocycles. The lowest BCUT2D eigenvalue weighted by atomic mass is 10.0. The topological polar surface area (TPSA) is 20.3 Å². The van der Waals surface area contributed by atoms with Crippen LogP contribution in [0.1, 0.15) is 12.0 Å². The molecule has 1 atom stereocenters. The van der Waals surface area contributed by atoms with Gasteiger partial charge in [0.1, 0.15) is 11.9 Å². The van der Waals surface area contributed by atoms with Gasteiger partial charge in [0.25, 0.3) is 0 Å². The van der Waals surface area contributed by atoms with Crippen LogP contribution in [0.2, 0.25) is 0 Å². The second-order valence-electron chi connectivity index (χ2n) is 4.22. The van der Waals surface area contributed by atoms with Gasteiger partial charge in [0.05, 0.1) is 0 Å². The average molecular weight is 294 g/mol. The van der Waals surface area contributed by atoms with E-state index in [4.69, 9.17) is 11.6 Å². The zero-order chi connectivity index (χ0) is 14.5. The lowest BCUT2D eigenvalue weighted by Gasteiger charge is -2.29. The normalized spacial score (nSPS) is 13.1. The summed E-state index contributed by atoms with van der Waals surface area (Å²) < 4.78 is 38.8. The third-order valence-corrected chi connectivity index (χ3v) is 3.13. The minimum absolute atomic E-state index is 0.174. The summed E-state index contributed by atoms with van der Waals surface area (Å²) in [7, 11) is 1.13. The number of amides is 1. The minimum Gasteiger partial charge on any atom is -0.333 e. The molecule has 2 nitrogen and oxygen atoms in total. The second kappa shape index (κ2) is 6.80. The molecule has 1 unspecified atom stereocenters. The molecule has 0 spiro atoms. The predicted molar refractivity (Wildman–Crippen MR) is 68.1 cm³/mol. The molecule has 0 radical (unpaired) electrons. The number of benzene rings is 1. The highest BCUT2D eigenvalue weighted by atomic mass is 35.5. The Hall–Kier alpha value is -1.23. The maximum Gasteiger partial charge on any atom is 0.408 e. The Bertz CT molecular complexity index is 408. The molecule has 0 fully saturated rings. The van der Waals surface area contributed by atoms with Crippen molar-refractivity contribution in [3.8, 4) is 0 Å². The van der Waals surface area contributed by atoms with Crippen molar-refractivity contribution < 1.29 is 18.0 Å². The monoisotopic (exact) mass is 293 g/mol. The molecule has 19 heavy (non-hydrogen) atoms. The molecule has 0 bridgehead atoms. The lowest BCUT2D eigenvalue weighted by Crippen LogP contribution is -2.47. The Morgan fingerprint density at radius 2 is 1.89 bits per heavy atom. The van der Waals surface area contributed by atoms with Crippen LogP contribution < -0.4 is 0 Å². The van der Waals surface area contributed by atoms with Gasteiger partial charge in [-0.15, -0.1) is 11.6 Å². The second-order valence-corrected chi connectivity index (χ2v) is 4.49. The third kappa shape index (κ3) is 4.74. The van der Waals surface area contributed by atoms with Crippen LogP contribution in [-0.4, -0.2) is 36.0 Å². The van der Waals surface area contributed by atoms with Gasteiger partial charge in [-0.25, -0.2) is 0 Å². The molecule has 0 aromatic heterocycles. The first-order chi connectivity index (χ1) is 8.86. The summed E-state index contributed by atoms with van der Waals surface area (Å²) in [6, 6.07) is 7.05. The molecular formula is C13H15ClF3NO. The Kier molecular flexibility index (Phi) is 5.66. The molecule has 0 N–H and O–H groups in total. The molecular weight excluding hydrogens is 279 g/mol. The molecule has 0 saturated carbocycles. The number of alkyl halides is 4. The van der Waals surface area contributed by atoms with Gasteiger partial charge in [0.2, 0.25) is 5.91 Å². The Labute approximate surface area is 115 Å². The molecule has 0 saturated heterocycles. The summed E-state index contributed by atoms with van der Waals surface area (Å²) in [5, 5.41) is 0. The number of carbonyl (C=O) groups is 1. The first kappa shape index (κ1) is 15.8. The maximum atomic E-state index is 12.9. The van der Waals surface area contributed by atoms with Crippen molar-refractivity contribution in [2.24, 2.45) is 0 Å². The van der Waals surface area contributed by atoms with E-state index in [1.807, 2.05) is 0 Å². The quantitative estimate of drug-likeness (QED) is 0.763. The largest absolute Gasteiger partial charge is 0.408 e. The van der Waals surface area contributed by atoms with Crippen molar-refractivity contribution in [3.63, 3.8) is 0 Å². The van der Waals surface area contributed by atoms with Crippen molar-refractivity contribution in [3.05, 3.63) is 35.9 Å². The number of aryl methyl sites for hydroxylation is 1. The van der Waals surface area contributed by atoms with Gasteiger partial charge in [0.15, 0.2) is 0 Å². The number of rotatable bonds is 5. The zero-order valence-corrected chi connectivity index (χ0v) is 11.2. The zero-order valence-electron chi connectivity index (χ0n) is 10.5. The number of nitrogens with zero attached hydrogens (tertiary/aromatic N) is 1. The van der Waals surface area contributed by atoms with Gasteiger partial charge in [-0.05, 0) is 18.4 Å². The average Bonchev–Trinajstić information content (AvgIpc) is 2.37. The van der Waals surface area contributed by atoms with E-state index < -0.39 is 24.0 Å². The molecule has 6 heteroatoms. The van der Waals surface area contributed by atoms with E-state index in [0.29, 0.717) is 4.90 Å². The maximum absolute atomic E-state index is 12.9. The molecule has 1 amide bonds. The van der Waals surface area contributed by atoms with E-state index >= 15 is 0 Å². The highest BCUT2D eigenvalue weighted by Gasteiger charge is 2.43. The van der Waals surface area contributed by atoms with Crippen LogP contribution in [-0.2, 0) is 11.2 Å². The number of carbonyl (C=O) groups excluding carboxylic acids is 1. The van der Waals surface area contributed by atoms with Gasteiger partial charge in [-0.3, -0.25) is 4.79 Å². The van der Waals surface area contributed by atoms with Crippen LogP contribution in [0.15, 0.2) is 30.3 Å². The first-order valence-corrected chi connectivity index (χ1v) is 6.32. The van der Waals surface area contributed by atoms with Crippen LogP contribution in [0.3, 0.4) is 0 Å². The van der Waals surface area contributed by atoms with E-state index in [9.17, 15) is 18.0 Å². The molecule has 106 valence electrons. The van der Waals surface area contributed by atoms with Crippen LogP contribution in [0, 0.1) is 0 Å². The highest BCUT2D eigenvalue weighted by Crippen LogP contribution is 2.28. The Morgan fingerprint density at radius 1 is 1.32 bits per heavy atom. The smallest absolute Gasteiger partial charge is 0.333 e. The van der Waals surface area contributed by atoms with E-state index in [2.05, 4.69) is 0 Å². The predicted octanol–water partition coefficient (Wildman–Crippen LogP) is 3.25. The van der Waals surface area contributed by atoms with Gasteiger partial charge in [0, 0.05) is 7.05 Å².